The normalized spacial score (nSPS) is 19.9. The zero-order chi connectivity index (χ0) is 23.7. The van der Waals surface area contributed by atoms with Gasteiger partial charge in [-0.2, -0.15) is 0 Å². The van der Waals surface area contributed by atoms with Gasteiger partial charge in [0.1, 0.15) is 17.8 Å². The average Bonchev–Trinajstić information content (AvgIpc) is 3.22. The van der Waals surface area contributed by atoms with Crippen LogP contribution in [0, 0.1) is 0 Å². The van der Waals surface area contributed by atoms with Gasteiger partial charge in [-0.25, -0.2) is 0 Å². The van der Waals surface area contributed by atoms with Gasteiger partial charge in [-0.05, 0) is 31.0 Å². The highest BCUT2D eigenvalue weighted by atomic mass is 16.5. The Hall–Kier alpha value is -3.28. The number of nitrogens with zero attached hydrogens (tertiary/aromatic N) is 2. The molecule has 2 atom stereocenters. The van der Waals surface area contributed by atoms with E-state index in [-0.39, 0.29) is 24.4 Å². The van der Waals surface area contributed by atoms with E-state index in [0.29, 0.717) is 19.6 Å². The second kappa shape index (κ2) is 9.53. The molecule has 2 aliphatic heterocycles. The van der Waals surface area contributed by atoms with E-state index in [9.17, 15) is 9.59 Å². The minimum absolute atomic E-state index is 0.000647. The SMILES string of the molecule is CCCCCCN1CC(=O)N2C(c3ccccc3OCC)c3[nH]c4ccccc4c3C[C@H]2C1=O. The van der Waals surface area contributed by atoms with Crippen LogP contribution in [0.4, 0.5) is 0 Å². The third-order valence-electron chi connectivity index (χ3n) is 7.14. The van der Waals surface area contributed by atoms with E-state index in [0.717, 1.165) is 59.2 Å². The van der Waals surface area contributed by atoms with Crippen molar-refractivity contribution in [1.29, 1.82) is 0 Å². The van der Waals surface area contributed by atoms with Crippen molar-refractivity contribution in [1.82, 2.24) is 14.8 Å². The molecule has 2 aromatic carbocycles. The largest absolute Gasteiger partial charge is 0.494 e. The standard InChI is InChI=1S/C28H33N3O3/c1-3-5-6-11-16-30-18-25(32)31-23(28(30)33)17-21-19-12-7-9-14-22(19)29-26(21)27(31)20-13-8-10-15-24(20)34-4-2/h7-10,12-15,23,27,29H,3-6,11,16-18H2,1-2H3/t23-,27?/m0/s1. The van der Waals surface area contributed by atoms with E-state index in [1.165, 1.54) is 0 Å². The number of piperazine rings is 1. The summed E-state index contributed by atoms with van der Waals surface area (Å²) in [5.74, 6) is 0.814. The molecule has 0 saturated carbocycles. The molecule has 1 unspecified atom stereocenters. The van der Waals surface area contributed by atoms with E-state index >= 15 is 0 Å². The van der Waals surface area contributed by atoms with Gasteiger partial charge in [-0.15, -0.1) is 0 Å². The topological polar surface area (TPSA) is 65.6 Å². The van der Waals surface area contributed by atoms with Gasteiger partial charge < -0.3 is 19.5 Å². The molecule has 34 heavy (non-hydrogen) atoms. The maximum atomic E-state index is 13.7. The fourth-order valence-corrected chi connectivity index (χ4v) is 5.56. The van der Waals surface area contributed by atoms with Crippen molar-refractivity contribution < 1.29 is 14.3 Å². The van der Waals surface area contributed by atoms with Gasteiger partial charge in [0.2, 0.25) is 11.8 Å². The lowest BCUT2D eigenvalue weighted by molar-refractivity contribution is -0.158. The number of benzene rings is 2. The Bertz CT molecular complexity index is 1200. The summed E-state index contributed by atoms with van der Waals surface area (Å²) in [4.78, 5) is 34.5. The van der Waals surface area contributed by atoms with Crippen LogP contribution in [0.15, 0.2) is 48.5 Å². The molecule has 0 aliphatic carbocycles. The molecule has 6 nitrogen and oxygen atoms in total. The summed E-state index contributed by atoms with van der Waals surface area (Å²) >= 11 is 0. The van der Waals surface area contributed by atoms with Crippen LogP contribution in [0.2, 0.25) is 0 Å². The van der Waals surface area contributed by atoms with Crippen molar-refractivity contribution in [2.75, 3.05) is 19.7 Å². The van der Waals surface area contributed by atoms with Crippen molar-refractivity contribution in [2.45, 2.75) is 58.0 Å². The number of fused-ring (bicyclic) bond motifs is 4. The highest BCUT2D eigenvalue weighted by Crippen LogP contribution is 2.44. The highest BCUT2D eigenvalue weighted by Gasteiger charge is 2.48. The lowest BCUT2D eigenvalue weighted by Crippen LogP contribution is -2.63. The van der Waals surface area contributed by atoms with E-state index in [4.69, 9.17) is 4.74 Å². The average molecular weight is 460 g/mol. The molecular weight excluding hydrogens is 426 g/mol. The molecule has 0 spiro atoms. The third-order valence-corrected chi connectivity index (χ3v) is 7.14. The molecule has 0 radical (unpaired) electrons. The molecule has 0 bridgehead atoms. The summed E-state index contributed by atoms with van der Waals surface area (Å²) in [6.07, 6.45) is 4.85. The van der Waals surface area contributed by atoms with Crippen LogP contribution in [0.3, 0.4) is 0 Å². The Kier molecular flexibility index (Phi) is 6.31. The lowest BCUT2D eigenvalue weighted by atomic mass is 9.86. The van der Waals surface area contributed by atoms with Gasteiger partial charge in [0.15, 0.2) is 0 Å². The van der Waals surface area contributed by atoms with Crippen LogP contribution in [-0.4, -0.2) is 52.3 Å². The molecule has 1 fully saturated rings. The van der Waals surface area contributed by atoms with Crippen molar-refractivity contribution in [3.8, 4) is 5.75 Å². The molecule has 1 aromatic heterocycles. The van der Waals surface area contributed by atoms with E-state index in [1.54, 1.807) is 4.90 Å². The minimum atomic E-state index is -0.501. The second-order valence-electron chi connectivity index (χ2n) is 9.28. The molecular formula is C28H33N3O3. The van der Waals surface area contributed by atoms with Crippen molar-refractivity contribution >= 4 is 22.7 Å². The maximum Gasteiger partial charge on any atom is 0.246 e. The van der Waals surface area contributed by atoms with Gasteiger partial charge in [-0.3, -0.25) is 9.59 Å². The first kappa shape index (κ1) is 22.5. The molecule has 6 heteroatoms. The lowest BCUT2D eigenvalue weighted by Gasteiger charge is -2.47. The number of ether oxygens (including phenoxy) is 1. The second-order valence-corrected chi connectivity index (χ2v) is 9.28. The highest BCUT2D eigenvalue weighted by molar-refractivity contribution is 5.97. The molecule has 1 saturated heterocycles. The first-order valence-electron chi connectivity index (χ1n) is 12.5. The number of nitrogens with one attached hydrogen (secondary N) is 1. The monoisotopic (exact) mass is 459 g/mol. The van der Waals surface area contributed by atoms with Crippen LogP contribution >= 0.6 is 0 Å². The summed E-state index contributed by atoms with van der Waals surface area (Å²) in [6.45, 7) is 5.46. The van der Waals surface area contributed by atoms with Gasteiger partial charge in [0.05, 0.1) is 13.2 Å². The van der Waals surface area contributed by atoms with Crippen LogP contribution < -0.4 is 4.74 Å². The number of aromatic nitrogens is 1. The summed E-state index contributed by atoms with van der Waals surface area (Å²) in [6, 6.07) is 15.2. The van der Waals surface area contributed by atoms with Gasteiger partial charge in [0, 0.05) is 35.1 Å². The van der Waals surface area contributed by atoms with Crippen molar-refractivity contribution in [2.24, 2.45) is 0 Å². The first-order chi connectivity index (χ1) is 16.6. The number of unbranched alkanes of at least 4 members (excludes halogenated alkanes) is 3. The van der Waals surface area contributed by atoms with Crippen LogP contribution in [0.25, 0.3) is 10.9 Å². The summed E-state index contributed by atoms with van der Waals surface area (Å²) in [5, 5.41) is 1.12. The molecule has 2 amide bonds. The number of hydrogen-bond donors (Lipinski definition) is 1. The molecule has 1 N–H and O–H groups in total. The third kappa shape index (κ3) is 3.85. The van der Waals surface area contributed by atoms with Crippen LogP contribution in [0.5, 0.6) is 5.75 Å². The summed E-state index contributed by atoms with van der Waals surface area (Å²) in [7, 11) is 0. The molecule has 2 aliphatic rings. The molecule has 178 valence electrons. The Morgan fingerprint density at radius 2 is 1.79 bits per heavy atom. The Balaban J connectivity index is 1.59. The Morgan fingerprint density at radius 3 is 2.62 bits per heavy atom. The van der Waals surface area contributed by atoms with E-state index in [2.05, 4.69) is 24.0 Å². The zero-order valence-corrected chi connectivity index (χ0v) is 20.0. The smallest absolute Gasteiger partial charge is 0.246 e. The quantitative estimate of drug-likeness (QED) is 0.491. The number of H-pyrrole nitrogens is 1. The number of carbonyl (C=O) groups excluding carboxylic acids is 2. The number of carbonyl (C=O) groups is 2. The zero-order valence-electron chi connectivity index (χ0n) is 20.0. The molecule has 3 aromatic rings. The van der Waals surface area contributed by atoms with Gasteiger partial charge in [0.25, 0.3) is 0 Å². The predicted octanol–water partition coefficient (Wildman–Crippen LogP) is 4.83. The predicted molar refractivity (Wildman–Crippen MR) is 133 cm³/mol. The maximum absolute atomic E-state index is 13.7. The Morgan fingerprint density at radius 1 is 1.00 bits per heavy atom. The summed E-state index contributed by atoms with van der Waals surface area (Å²) in [5.41, 5.74) is 4.06. The van der Waals surface area contributed by atoms with E-state index < -0.39 is 6.04 Å². The van der Waals surface area contributed by atoms with Crippen molar-refractivity contribution in [3.63, 3.8) is 0 Å². The van der Waals surface area contributed by atoms with Crippen LogP contribution in [-0.2, 0) is 16.0 Å². The number of hydrogen-bond acceptors (Lipinski definition) is 3. The van der Waals surface area contributed by atoms with Crippen molar-refractivity contribution in [3.05, 3.63) is 65.4 Å². The number of amides is 2. The van der Waals surface area contributed by atoms with E-state index in [1.807, 2.05) is 48.2 Å². The van der Waals surface area contributed by atoms with Gasteiger partial charge in [-0.1, -0.05) is 62.6 Å². The fourth-order valence-electron chi connectivity index (χ4n) is 5.56. The Labute approximate surface area is 200 Å². The molecule has 5 rings (SSSR count). The fraction of sp³-hybridized carbons (Fsp3) is 0.429. The van der Waals surface area contributed by atoms with Crippen LogP contribution in [0.1, 0.15) is 62.4 Å². The number of aromatic amines is 1. The number of rotatable bonds is 8. The summed E-state index contributed by atoms with van der Waals surface area (Å²) < 4.78 is 5.97. The first-order valence-corrected chi connectivity index (χ1v) is 12.5. The number of para-hydroxylation sites is 2. The minimum Gasteiger partial charge on any atom is -0.494 e. The van der Waals surface area contributed by atoms with Gasteiger partial charge >= 0.3 is 0 Å². The molecule has 3 heterocycles.